The number of ketones is 2. The minimum Gasteiger partial charge on any atom is -0.295 e. The number of benzene rings is 2. The topological polar surface area (TPSA) is 38.5 Å². The maximum absolute atomic E-state index is 10.9. The van der Waals surface area contributed by atoms with Crippen LogP contribution < -0.4 is 0 Å². The van der Waals surface area contributed by atoms with Crippen LogP contribution in [-0.4, -0.2) is 11.6 Å². The van der Waals surface area contributed by atoms with E-state index in [0.29, 0.717) is 11.3 Å². The molecule has 0 saturated heterocycles. The van der Waals surface area contributed by atoms with E-state index in [1.807, 2.05) is 18.2 Å². The van der Waals surface area contributed by atoms with Crippen molar-refractivity contribution in [2.24, 2.45) is 0 Å². The molecule has 0 radical (unpaired) electrons. The summed E-state index contributed by atoms with van der Waals surface area (Å²) in [5, 5.41) is 0. The van der Waals surface area contributed by atoms with Crippen LogP contribution in [0.3, 0.4) is 0 Å². The van der Waals surface area contributed by atoms with Crippen LogP contribution in [0.2, 0.25) is 0 Å². The van der Waals surface area contributed by atoms with Crippen LogP contribution in [0, 0.1) is 10.1 Å². The lowest BCUT2D eigenvalue weighted by atomic mass is 10.1. The third-order valence-corrected chi connectivity index (χ3v) is 4.23. The van der Waals surface area contributed by atoms with Gasteiger partial charge in [0.05, 0.1) is 6.57 Å². The van der Waals surface area contributed by atoms with Crippen molar-refractivity contribution in [3.63, 3.8) is 0 Å². The molecule has 0 spiro atoms. The highest BCUT2D eigenvalue weighted by molar-refractivity contribution is 14.1. The molecule has 0 aromatic heterocycles. The van der Waals surface area contributed by atoms with Crippen molar-refractivity contribution >= 4 is 71.7 Å². The minimum atomic E-state index is -0.0267. The summed E-state index contributed by atoms with van der Waals surface area (Å²) >= 11 is 8.73. The van der Waals surface area contributed by atoms with Gasteiger partial charge < -0.3 is 0 Å². The van der Waals surface area contributed by atoms with E-state index in [4.69, 9.17) is 6.57 Å². The molecule has 2 rings (SSSR count). The van der Waals surface area contributed by atoms with Crippen molar-refractivity contribution in [3.8, 4) is 0 Å². The SMILES string of the molecule is CC(=O)c1cc(Br)cc(I)c1.[C-]#[N+]c1cc(Br)cc(C(C)=O)c1. The van der Waals surface area contributed by atoms with Gasteiger partial charge in [-0.25, -0.2) is 4.85 Å². The Labute approximate surface area is 165 Å². The first-order valence-corrected chi connectivity index (χ1v) is 9.05. The number of hydrogen-bond donors (Lipinski definition) is 0. The Balaban J connectivity index is 0.000000231. The lowest BCUT2D eigenvalue weighted by molar-refractivity contribution is 0.100. The molecule has 0 heterocycles. The van der Waals surface area contributed by atoms with Gasteiger partial charge in [0.2, 0.25) is 0 Å². The maximum Gasteiger partial charge on any atom is 0.189 e. The third kappa shape index (κ3) is 6.94. The van der Waals surface area contributed by atoms with Crippen LogP contribution in [0.15, 0.2) is 45.3 Å². The average Bonchev–Trinajstić information content (AvgIpc) is 2.46. The van der Waals surface area contributed by atoms with E-state index in [2.05, 4.69) is 59.3 Å². The molecule has 0 fully saturated rings. The molecule has 0 unspecified atom stereocenters. The Hall–Kier alpha value is -1.04. The molecular formula is C17H12Br2INO2. The molecule has 0 N–H and O–H groups in total. The van der Waals surface area contributed by atoms with E-state index < -0.39 is 0 Å². The van der Waals surface area contributed by atoms with Gasteiger partial charge in [-0.1, -0.05) is 31.9 Å². The lowest BCUT2D eigenvalue weighted by Crippen LogP contribution is -1.91. The van der Waals surface area contributed by atoms with Crippen LogP contribution in [0.5, 0.6) is 0 Å². The molecule has 0 bridgehead atoms. The van der Waals surface area contributed by atoms with Gasteiger partial charge in [0.1, 0.15) is 0 Å². The van der Waals surface area contributed by atoms with E-state index in [9.17, 15) is 9.59 Å². The van der Waals surface area contributed by atoms with Gasteiger partial charge in [-0.2, -0.15) is 0 Å². The number of rotatable bonds is 2. The van der Waals surface area contributed by atoms with Crippen molar-refractivity contribution < 1.29 is 9.59 Å². The molecular weight excluding hydrogens is 537 g/mol. The molecule has 23 heavy (non-hydrogen) atoms. The molecule has 0 aliphatic heterocycles. The van der Waals surface area contributed by atoms with Gasteiger partial charge >= 0.3 is 0 Å². The largest absolute Gasteiger partial charge is 0.295 e. The van der Waals surface area contributed by atoms with Gasteiger partial charge in [-0.3, -0.25) is 9.59 Å². The van der Waals surface area contributed by atoms with Gasteiger partial charge in [0.15, 0.2) is 17.3 Å². The molecule has 0 atom stereocenters. The number of Topliss-reactive ketones (excluding diaryl/α,β-unsaturated/α-hetero) is 2. The fourth-order valence-corrected chi connectivity index (χ4v) is 3.67. The minimum absolute atomic E-state index is 0.0267. The summed E-state index contributed by atoms with van der Waals surface area (Å²) in [6.45, 7) is 9.82. The first-order chi connectivity index (χ1) is 10.7. The highest BCUT2D eigenvalue weighted by Gasteiger charge is 2.02. The summed E-state index contributed by atoms with van der Waals surface area (Å²) < 4.78 is 2.79. The predicted octanol–water partition coefficient (Wildman–Crippen LogP) is 6.46. The second-order valence-electron chi connectivity index (χ2n) is 4.58. The Morgan fingerprint density at radius 2 is 1.39 bits per heavy atom. The first-order valence-electron chi connectivity index (χ1n) is 6.39. The summed E-state index contributed by atoms with van der Waals surface area (Å²) in [7, 11) is 0. The molecule has 0 saturated carbocycles. The van der Waals surface area contributed by atoms with E-state index in [-0.39, 0.29) is 11.6 Å². The highest BCUT2D eigenvalue weighted by atomic mass is 127. The quantitative estimate of drug-likeness (QED) is 0.245. The Morgan fingerprint density at radius 1 is 0.913 bits per heavy atom. The van der Waals surface area contributed by atoms with Crippen LogP contribution in [-0.2, 0) is 0 Å². The number of halogens is 3. The van der Waals surface area contributed by atoms with E-state index in [1.165, 1.54) is 6.92 Å². The second-order valence-corrected chi connectivity index (χ2v) is 7.66. The lowest BCUT2D eigenvalue weighted by Gasteiger charge is -1.97. The van der Waals surface area contributed by atoms with Crippen LogP contribution in [0.25, 0.3) is 4.85 Å². The van der Waals surface area contributed by atoms with Gasteiger partial charge in [0.25, 0.3) is 0 Å². The summed E-state index contributed by atoms with van der Waals surface area (Å²) in [5.41, 5.74) is 1.80. The van der Waals surface area contributed by atoms with Crippen LogP contribution >= 0.6 is 54.5 Å². The Bertz CT molecular complexity index is 777. The average molecular weight is 549 g/mol. The van der Waals surface area contributed by atoms with Gasteiger partial charge in [-0.15, -0.1) is 0 Å². The van der Waals surface area contributed by atoms with Crippen molar-refractivity contribution in [2.45, 2.75) is 13.8 Å². The van der Waals surface area contributed by atoms with Gasteiger partial charge in [0, 0.05) is 23.6 Å². The van der Waals surface area contributed by atoms with Crippen LogP contribution in [0.1, 0.15) is 34.6 Å². The predicted molar refractivity (Wildman–Crippen MR) is 107 cm³/mol. The van der Waals surface area contributed by atoms with Gasteiger partial charge in [-0.05, 0) is 72.8 Å². The monoisotopic (exact) mass is 547 g/mol. The number of nitrogens with zero attached hydrogens (tertiary/aromatic N) is 1. The molecule has 3 nitrogen and oxygen atoms in total. The Kier molecular flexibility index (Phi) is 8.09. The molecule has 0 aliphatic rings. The van der Waals surface area contributed by atoms with E-state index >= 15 is 0 Å². The zero-order chi connectivity index (χ0) is 17.6. The fourth-order valence-electron chi connectivity index (χ4n) is 1.60. The number of carbonyl (C=O) groups is 2. The third-order valence-electron chi connectivity index (χ3n) is 2.69. The molecule has 0 aliphatic carbocycles. The normalized spacial score (nSPS) is 9.39. The number of carbonyl (C=O) groups excluding carboxylic acids is 2. The second kappa shape index (κ2) is 9.30. The molecule has 118 valence electrons. The van der Waals surface area contributed by atoms with E-state index in [0.717, 1.165) is 18.1 Å². The standard InChI is InChI=1S/C9H6BrNO.C8H6BrIO/c1-6(12)7-3-8(10)5-9(4-7)11-2;1-5(11)6-2-7(9)4-8(10)3-6/h3-5H,1H3;2-4H,1H3. The zero-order valence-corrected chi connectivity index (χ0v) is 17.7. The van der Waals surface area contributed by atoms with Crippen molar-refractivity contribution in [1.82, 2.24) is 0 Å². The summed E-state index contributed by atoms with van der Waals surface area (Å²) in [4.78, 5) is 25.1. The summed E-state index contributed by atoms with van der Waals surface area (Å²) in [6.07, 6.45) is 0. The zero-order valence-electron chi connectivity index (χ0n) is 12.4. The maximum atomic E-state index is 10.9. The first kappa shape index (κ1) is 20.0. The smallest absolute Gasteiger partial charge is 0.189 e. The van der Waals surface area contributed by atoms with E-state index in [1.54, 1.807) is 25.1 Å². The summed E-state index contributed by atoms with van der Waals surface area (Å²) in [5.74, 6) is 0.0745. The molecule has 6 heteroatoms. The Morgan fingerprint density at radius 3 is 1.83 bits per heavy atom. The summed E-state index contributed by atoms with van der Waals surface area (Å²) in [6, 6.07) is 10.6. The van der Waals surface area contributed by atoms with Crippen molar-refractivity contribution in [2.75, 3.05) is 0 Å². The molecule has 2 aromatic rings. The van der Waals surface area contributed by atoms with Crippen LogP contribution in [0.4, 0.5) is 5.69 Å². The van der Waals surface area contributed by atoms with Crippen molar-refractivity contribution in [1.29, 1.82) is 0 Å². The number of hydrogen-bond acceptors (Lipinski definition) is 2. The molecule has 0 amide bonds. The fraction of sp³-hybridized carbons (Fsp3) is 0.118. The molecule has 2 aromatic carbocycles. The highest BCUT2D eigenvalue weighted by Crippen LogP contribution is 2.22. The van der Waals surface area contributed by atoms with Crippen molar-refractivity contribution in [3.05, 3.63) is 71.5 Å².